The van der Waals surface area contributed by atoms with Crippen molar-refractivity contribution in [3.05, 3.63) is 53.9 Å². The van der Waals surface area contributed by atoms with E-state index in [0.717, 1.165) is 0 Å². The first-order chi connectivity index (χ1) is 9.65. The molecule has 1 heterocycles. The molecule has 20 heavy (non-hydrogen) atoms. The van der Waals surface area contributed by atoms with Gasteiger partial charge >= 0.3 is 0 Å². The number of hydrogen-bond acceptors (Lipinski definition) is 2. The van der Waals surface area contributed by atoms with Crippen LogP contribution in [0.3, 0.4) is 0 Å². The molecule has 1 unspecified atom stereocenters. The number of aromatic nitrogens is 1. The maximum atomic E-state index is 12.4. The average molecular weight is 269 g/mol. The molecule has 1 amide bonds. The number of nitrogens with two attached hydrogens (primary N) is 1. The van der Waals surface area contributed by atoms with E-state index >= 15 is 0 Å². The predicted molar refractivity (Wildman–Crippen MR) is 79.2 cm³/mol. The molecular formula is C16H19N3O. The number of hydrogen-bond donors (Lipinski definition) is 2. The maximum absolute atomic E-state index is 12.4. The van der Waals surface area contributed by atoms with Gasteiger partial charge in [0.05, 0.1) is 11.7 Å². The van der Waals surface area contributed by atoms with Gasteiger partial charge in [-0.1, -0.05) is 30.3 Å². The van der Waals surface area contributed by atoms with E-state index in [1.165, 1.54) is 18.4 Å². The molecule has 104 valence electrons. The Morgan fingerprint density at radius 1 is 1.35 bits per heavy atom. The number of nitrogens with one attached hydrogen (secondary N) is 1. The van der Waals surface area contributed by atoms with Crippen LogP contribution < -0.4 is 11.1 Å². The van der Waals surface area contributed by atoms with Crippen LogP contribution in [0.5, 0.6) is 0 Å². The van der Waals surface area contributed by atoms with Gasteiger partial charge < -0.3 is 15.6 Å². The Balaban J connectivity index is 1.81. The summed E-state index contributed by atoms with van der Waals surface area (Å²) in [5.41, 5.74) is 8.11. The molecule has 4 nitrogen and oxygen atoms in total. The highest BCUT2D eigenvalue weighted by atomic mass is 16.2. The minimum atomic E-state index is -0.0649. The van der Waals surface area contributed by atoms with Crippen molar-refractivity contribution in [2.24, 2.45) is 13.0 Å². The molecule has 1 atom stereocenters. The van der Waals surface area contributed by atoms with Gasteiger partial charge in [-0.25, -0.2) is 0 Å². The number of carbonyl (C=O) groups excluding carboxylic acids is 1. The summed E-state index contributed by atoms with van der Waals surface area (Å²) in [5, 5.41) is 3.15. The molecule has 1 fully saturated rings. The van der Waals surface area contributed by atoms with E-state index in [1.807, 2.05) is 25.2 Å². The zero-order valence-electron chi connectivity index (χ0n) is 11.5. The zero-order chi connectivity index (χ0) is 14.1. The topological polar surface area (TPSA) is 60.0 Å². The summed E-state index contributed by atoms with van der Waals surface area (Å²) >= 11 is 0. The molecule has 1 saturated carbocycles. The Hall–Kier alpha value is -2.23. The molecular weight excluding hydrogens is 250 g/mol. The van der Waals surface area contributed by atoms with Crippen LogP contribution in [0.2, 0.25) is 0 Å². The Bertz CT molecular complexity index is 614. The SMILES string of the molecule is Cn1cc(N)cc1C(=O)NC(c1ccccc1)C1CC1. The number of benzene rings is 1. The van der Waals surface area contributed by atoms with E-state index in [-0.39, 0.29) is 11.9 Å². The molecule has 3 N–H and O–H groups in total. The normalized spacial score (nSPS) is 15.8. The Kier molecular flexibility index (Phi) is 3.22. The molecule has 3 rings (SSSR count). The number of carbonyl (C=O) groups is 1. The highest BCUT2D eigenvalue weighted by Crippen LogP contribution is 2.41. The number of rotatable bonds is 4. The lowest BCUT2D eigenvalue weighted by molar-refractivity contribution is 0.0923. The summed E-state index contributed by atoms with van der Waals surface area (Å²) in [4.78, 5) is 12.4. The minimum Gasteiger partial charge on any atom is -0.397 e. The second-order valence-electron chi connectivity index (χ2n) is 5.47. The van der Waals surface area contributed by atoms with E-state index in [9.17, 15) is 4.79 Å². The molecule has 4 heteroatoms. The quantitative estimate of drug-likeness (QED) is 0.895. The Labute approximate surface area is 118 Å². The van der Waals surface area contributed by atoms with Crippen molar-refractivity contribution < 1.29 is 4.79 Å². The van der Waals surface area contributed by atoms with Crippen LogP contribution in [0.1, 0.15) is 34.9 Å². The largest absolute Gasteiger partial charge is 0.397 e. The Morgan fingerprint density at radius 2 is 2.05 bits per heavy atom. The fourth-order valence-electron chi connectivity index (χ4n) is 2.59. The molecule has 0 bridgehead atoms. The lowest BCUT2D eigenvalue weighted by Gasteiger charge is -2.19. The van der Waals surface area contributed by atoms with Crippen molar-refractivity contribution >= 4 is 11.6 Å². The van der Waals surface area contributed by atoms with Crippen LogP contribution in [-0.4, -0.2) is 10.5 Å². The van der Waals surface area contributed by atoms with E-state index in [2.05, 4.69) is 17.4 Å². The van der Waals surface area contributed by atoms with Crippen LogP contribution in [0.15, 0.2) is 42.6 Å². The van der Waals surface area contributed by atoms with Crippen molar-refractivity contribution in [2.45, 2.75) is 18.9 Å². The fourth-order valence-corrected chi connectivity index (χ4v) is 2.59. The van der Waals surface area contributed by atoms with Crippen LogP contribution in [0.25, 0.3) is 0 Å². The molecule has 1 aliphatic rings. The third-order valence-electron chi connectivity index (χ3n) is 3.80. The molecule has 1 aliphatic carbocycles. The van der Waals surface area contributed by atoms with E-state index < -0.39 is 0 Å². The standard InChI is InChI=1S/C16H19N3O/c1-19-10-13(17)9-14(19)16(20)18-15(12-7-8-12)11-5-3-2-4-6-11/h2-6,9-10,12,15H,7-8,17H2,1H3,(H,18,20). The number of nitrogens with zero attached hydrogens (tertiary/aromatic N) is 1. The molecule has 1 aromatic carbocycles. The second-order valence-corrected chi connectivity index (χ2v) is 5.47. The van der Waals surface area contributed by atoms with Crippen LogP contribution in [0.4, 0.5) is 5.69 Å². The van der Waals surface area contributed by atoms with Gasteiger partial charge in [-0.2, -0.15) is 0 Å². The van der Waals surface area contributed by atoms with Crippen LogP contribution >= 0.6 is 0 Å². The van der Waals surface area contributed by atoms with E-state index in [1.54, 1.807) is 16.8 Å². The zero-order valence-corrected chi connectivity index (χ0v) is 11.5. The number of nitrogen functional groups attached to an aromatic ring is 1. The minimum absolute atomic E-state index is 0.0649. The van der Waals surface area contributed by atoms with Crippen molar-refractivity contribution in [1.29, 1.82) is 0 Å². The third-order valence-corrected chi connectivity index (χ3v) is 3.80. The predicted octanol–water partition coefficient (Wildman–Crippen LogP) is 2.49. The van der Waals surface area contributed by atoms with E-state index in [4.69, 9.17) is 5.73 Å². The summed E-state index contributed by atoms with van der Waals surface area (Å²) < 4.78 is 1.76. The Morgan fingerprint density at radius 3 is 2.60 bits per heavy atom. The number of aryl methyl sites for hydroxylation is 1. The second kappa shape index (κ2) is 5.04. The number of amides is 1. The van der Waals surface area contributed by atoms with Gasteiger partial charge in [-0.3, -0.25) is 4.79 Å². The van der Waals surface area contributed by atoms with Gasteiger partial charge in [0.1, 0.15) is 5.69 Å². The molecule has 0 saturated heterocycles. The first-order valence-corrected chi connectivity index (χ1v) is 6.93. The summed E-state index contributed by atoms with van der Waals surface area (Å²) in [5.74, 6) is 0.490. The van der Waals surface area contributed by atoms with Crippen molar-refractivity contribution in [1.82, 2.24) is 9.88 Å². The lowest BCUT2D eigenvalue weighted by Crippen LogP contribution is -2.31. The molecule has 1 aromatic heterocycles. The van der Waals surface area contributed by atoms with Crippen molar-refractivity contribution in [3.8, 4) is 0 Å². The summed E-state index contributed by atoms with van der Waals surface area (Å²) in [6.45, 7) is 0. The molecule has 0 spiro atoms. The summed E-state index contributed by atoms with van der Waals surface area (Å²) in [7, 11) is 1.83. The molecule has 0 aliphatic heterocycles. The average Bonchev–Trinajstić information content (AvgIpc) is 3.22. The van der Waals surface area contributed by atoms with Gasteiger partial charge in [0.2, 0.25) is 0 Å². The first kappa shape index (κ1) is 12.8. The first-order valence-electron chi connectivity index (χ1n) is 6.93. The molecule has 2 aromatic rings. The highest BCUT2D eigenvalue weighted by molar-refractivity contribution is 5.94. The summed E-state index contributed by atoms with van der Waals surface area (Å²) in [6, 6.07) is 12.0. The van der Waals surface area contributed by atoms with Crippen LogP contribution in [0, 0.1) is 5.92 Å². The highest BCUT2D eigenvalue weighted by Gasteiger charge is 2.33. The van der Waals surface area contributed by atoms with Gasteiger partial charge in [0.15, 0.2) is 0 Å². The van der Waals surface area contributed by atoms with Gasteiger partial charge in [-0.05, 0) is 30.4 Å². The van der Waals surface area contributed by atoms with E-state index in [0.29, 0.717) is 17.3 Å². The smallest absolute Gasteiger partial charge is 0.268 e. The van der Waals surface area contributed by atoms with Gasteiger partial charge in [-0.15, -0.1) is 0 Å². The van der Waals surface area contributed by atoms with Crippen molar-refractivity contribution in [3.63, 3.8) is 0 Å². The van der Waals surface area contributed by atoms with Gasteiger partial charge in [0.25, 0.3) is 5.91 Å². The number of anilines is 1. The monoisotopic (exact) mass is 269 g/mol. The van der Waals surface area contributed by atoms with Crippen LogP contribution in [-0.2, 0) is 7.05 Å². The van der Waals surface area contributed by atoms with Crippen molar-refractivity contribution in [2.75, 3.05) is 5.73 Å². The summed E-state index contributed by atoms with van der Waals surface area (Å²) in [6.07, 6.45) is 4.10. The van der Waals surface area contributed by atoms with Gasteiger partial charge in [0, 0.05) is 13.2 Å². The lowest BCUT2D eigenvalue weighted by atomic mass is 10.0. The fraction of sp³-hybridized carbons (Fsp3) is 0.312. The maximum Gasteiger partial charge on any atom is 0.268 e. The molecule has 0 radical (unpaired) electrons. The third kappa shape index (κ3) is 2.54.